The molecule has 3 heteroatoms. The fourth-order valence-electron chi connectivity index (χ4n) is 3.07. The molecule has 1 unspecified atom stereocenters. The fraction of sp³-hybridized carbons (Fsp3) is 0.562. The maximum Gasteiger partial charge on any atom is 0.303 e. The van der Waals surface area contributed by atoms with Crippen LogP contribution in [0, 0.1) is 0 Å². The van der Waals surface area contributed by atoms with Crippen LogP contribution in [-0.4, -0.2) is 35.6 Å². The fourth-order valence-corrected chi connectivity index (χ4v) is 3.07. The predicted octanol–water partition coefficient (Wildman–Crippen LogP) is 2.90. The number of carbonyl (C=O) groups is 1. The van der Waals surface area contributed by atoms with Crippen molar-refractivity contribution in [1.82, 2.24) is 4.90 Å². The monoisotopic (exact) mass is 261 g/mol. The van der Waals surface area contributed by atoms with Crippen molar-refractivity contribution in [3.8, 4) is 0 Å². The van der Waals surface area contributed by atoms with Gasteiger partial charge >= 0.3 is 5.97 Å². The molecule has 1 fully saturated rings. The minimum atomic E-state index is -0.692. The Morgan fingerprint density at radius 1 is 1.37 bits per heavy atom. The van der Waals surface area contributed by atoms with Gasteiger partial charge in [0.15, 0.2) is 0 Å². The van der Waals surface area contributed by atoms with Crippen molar-refractivity contribution >= 4 is 5.97 Å². The molecule has 1 aromatic carbocycles. The minimum Gasteiger partial charge on any atom is -0.481 e. The smallest absolute Gasteiger partial charge is 0.303 e. The first kappa shape index (κ1) is 14.1. The highest BCUT2D eigenvalue weighted by molar-refractivity contribution is 5.66. The van der Waals surface area contributed by atoms with Gasteiger partial charge in [0.2, 0.25) is 0 Å². The zero-order valence-corrected chi connectivity index (χ0v) is 11.6. The predicted molar refractivity (Wildman–Crippen MR) is 76.3 cm³/mol. The Hall–Kier alpha value is -1.35. The standard InChI is InChI=1S/C16H23NO2/c1-16(14-7-3-2-4-8-14)10-6-12-17(13-16)11-5-9-15(18)19/h2-4,7-8H,5-6,9-13H2,1H3,(H,18,19). The summed E-state index contributed by atoms with van der Waals surface area (Å²) in [4.78, 5) is 13.0. The van der Waals surface area contributed by atoms with Crippen LogP contribution in [0.5, 0.6) is 0 Å². The summed E-state index contributed by atoms with van der Waals surface area (Å²) in [6.45, 7) is 5.36. The molecule has 1 aromatic rings. The third-order valence-corrected chi connectivity index (χ3v) is 4.11. The minimum absolute atomic E-state index is 0.211. The second kappa shape index (κ2) is 6.20. The average Bonchev–Trinajstić information content (AvgIpc) is 2.39. The van der Waals surface area contributed by atoms with Crippen LogP contribution in [0.25, 0.3) is 0 Å². The van der Waals surface area contributed by atoms with E-state index in [0.717, 1.165) is 26.1 Å². The summed E-state index contributed by atoms with van der Waals surface area (Å²) >= 11 is 0. The summed E-state index contributed by atoms with van der Waals surface area (Å²) in [5.41, 5.74) is 1.61. The molecule has 0 bridgehead atoms. The summed E-state index contributed by atoms with van der Waals surface area (Å²) in [6.07, 6.45) is 3.43. The topological polar surface area (TPSA) is 40.5 Å². The second-order valence-electron chi connectivity index (χ2n) is 5.80. The largest absolute Gasteiger partial charge is 0.481 e. The number of likely N-dealkylation sites (tertiary alicyclic amines) is 1. The van der Waals surface area contributed by atoms with E-state index < -0.39 is 5.97 Å². The number of benzene rings is 1. The van der Waals surface area contributed by atoms with Crippen LogP contribution in [0.15, 0.2) is 30.3 Å². The van der Waals surface area contributed by atoms with E-state index in [1.54, 1.807) is 0 Å². The lowest BCUT2D eigenvalue weighted by Gasteiger charge is -2.41. The van der Waals surface area contributed by atoms with Gasteiger partial charge in [-0.1, -0.05) is 37.3 Å². The van der Waals surface area contributed by atoms with Gasteiger partial charge < -0.3 is 10.0 Å². The van der Waals surface area contributed by atoms with Crippen LogP contribution in [0.2, 0.25) is 0 Å². The summed E-state index contributed by atoms with van der Waals surface area (Å²) in [6, 6.07) is 10.7. The molecule has 0 saturated carbocycles. The molecule has 104 valence electrons. The van der Waals surface area contributed by atoms with Gasteiger partial charge in [-0.3, -0.25) is 4.79 Å². The zero-order chi connectivity index (χ0) is 13.7. The lowest BCUT2D eigenvalue weighted by molar-refractivity contribution is -0.137. The second-order valence-corrected chi connectivity index (χ2v) is 5.80. The van der Waals surface area contributed by atoms with Crippen LogP contribution < -0.4 is 0 Å². The summed E-state index contributed by atoms with van der Waals surface area (Å²) in [5, 5.41) is 8.71. The number of aliphatic carboxylic acids is 1. The van der Waals surface area contributed by atoms with Gasteiger partial charge in [-0.2, -0.15) is 0 Å². The Morgan fingerprint density at radius 2 is 2.11 bits per heavy atom. The number of piperidine rings is 1. The van der Waals surface area contributed by atoms with E-state index in [2.05, 4.69) is 42.2 Å². The van der Waals surface area contributed by atoms with Crippen molar-refractivity contribution in [2.75, 3.05) is 19.6 Å². The molecule has 0 radical (unpaired) electrons. The Morgan fingerprint density at radius 3 is 2.79 bits per heavy atom. The van der Waals surface area contributed by atoms with E-state index in [1.165, 1.54) is 18.4 Å². The van der Waals surface area contributed by atoms with Gasteiger partial charge in [-0.15, -0.1) is 0 Å². The van der Waals surface area contributed by atoms with E-state index in [1.807, 2.05) is 0 Å². The number of rotatable bonds is 5. The molecule has 0 spiro atoms. The van der Waals surface area contributed by atoms with Gasteiger partial charge in [-0.25, -0.2) is 0 Å². The van der Waals surface area contributed by atoms with Gasteiger partial charge in [-0.05, 0) is 37.9 Å². The highest BCUT2D eigenvalue weighted by Crippen LogP contribution is 2.33. The number of nitrogens with zero attached hydrogens (tertiary/aromatic N) is 1. The van der Waals surface area contributed by atoms with Crippen LogP contribution >= 0.6 is 0 Å². The van der Waals surface area contributed by atoms with Gasteiger partial charge in [0.25, 0.3) is 0 Å². The molecule has 1 atom stereocenters. The SMILES string of the molecule is CC1(c2ccccc2)CCCN(CCCC(=O)O)C1. The Labute approximate surface area is 115 Å². The third-order valence-electron chi connectivity index (χ3n) is 4.11. The molecule has 1 N–H and O–H groups in total. The molecular weight excluding hydrogens is 238 g/mol. The van der Waals surface area contributed by atoms with E-state index in [4.69, 9.17) is 5.11 Å². The van der Waals surface area contributed by atoms with E-state index in [-0.39, 0.29) is 11.8 Å². The van der Waals surface area contributed by atoms with Crippen molar-refractivity contribution < 1.29 is 9.90 Å². The van der Waals surface area contributed by atoms with Gasteiger partial charge in [0.1, 0.15) is 0 Å². The van der Waals surface area contributed by atoms with Gasteiger partial charge in [0.05, 0.1) is 0 Å². The van der Waals surface area contributed by atoms with E-state index in [0.29, 0.717) is 0 Å². The average molecular weight is 261 g/mol. The quantitative estimate of drug-likeness (QED) is 0.886. The first-order chi connectivity index (χ1) is 9.10. The highest BCUT2D eigenvalue weighted by Gasteiger charge is 2.32. The van der Waals surface area contributed by atoms with E-state index in [9.17, 15) is 4.79 Å². The Balaban J connectivity index is 1.94. The number of carboxylic acids is 1. The molecular formula is C16H23NO2. The molecule has 1 aliphatic rings. The zero-order valence-electron chi connectivity index (χ0n) is 11.6. The highest BCUT2D eigenvalue weighted by atomic mass is 16.4. The molecule has 0 amide bonds. The molecule has 0 aliphatic carbocycles. The molecule has 2 rings (SSSR count). The number of hydrogen-bond acceptors (Lipinski definition) is 2. The molecule has 0 aromatic heterocycles. The number of carboxylic acid groups (broad SMARTS) is 1. The van der Waals surface area contributed by atoms with Crippen LogP contribution in [0.3, 0.4) is 0 Å². The van der Waals surface area contributed by atoms with Crippen molar-refractivity contribution in [2.24, 2.45) is 0 Å². The molecule has 3 nitrogen and oxygen atoms in total. The molecule has 19 heavy (non-hydrogen) atoms. The summed E-state index contributed by atoms with van der Waals surface area (Å²) < 4.78 is 0. The van der Waals surface area contributed by atoms with Crippen molar-refractivity contribution in [3.05, 3.63) is 35.9 Å². The Bertz CT molecular complexity index is 418. The maximum atomic E-state index is 10.6. The lowest BCUT2D eigenvalue weighted by atomic mass is 9.76. The molecule has 1 heterocycles. The molecule has 1 aliphatic heterocycles. The van der Waals surface area contributed by atoms with Crippen LogP contribution in [0.4, 0.5) is 0 Å². The summed E-state index contributed by atoms with van der Waals surface area (Å²) in [5.74, 6) is -0.692. The molecule has 1 saturated heterocycles. The van der Waals surface area contributed by atoms with Crippen LogP contribution in [0.1, 0.15) is 38.2 Å². The maximum absolute atomic E-state index is 10.6. The third kappa shape index (κ3) is 3.80. The van der Waals surface area contributed by atoms with Crippen LogP contribution in [-0.2, 0) is 10.2 Å². The first-order valence-electron chi connectivity index (χ1n) is 7.10. The first-order valence-corrected chi connectivity index (χ1v) is 7.10. The number of hydrogen-bond donors (Lipinski definition) is 1. The van der Waals surface area contributed by atoms with Crippen molar-refractivity contribution in [3.63, 3.8) is 0 Å². The van der Waals surface area contributed by atoms with Crippen molar-refractivity contribution in [2.45, 2.75) is 38.0 Å². The summed E-state index contributed by atoms with van der Waals surface area (Å²) in [7, 11) is 0. The Kier molecular flexibility index (Phi) is 4.59. The van der Waals surface area contributed by atoms with Gasteiger partial charge in [0, 0.05) is 18.4 Å². The lowest BCUT2D eigenvalue weighted by Crippen LogP contribution is -2.44. The van der Waals surface area contributed by atoms with E-state index >= 15 is 0 Å². The normalized spacial score (nSPS) is 24.3. The van der Waals surface area contributed by atoms with Crippen molar-refractivity contribution in [1.29, 1.82) is 0 Å².